The lowest BCUT2D eigenvalue weighted by molar-refractivity contribution is 0.191. The normalized spacial score (nSPS) is 19.8. The average Bonchev–Trinajstić information content (AvgIpc) is 2.86. The third-order valence-electron chi connectivity index (χ3n) is 3.84. The van der Waals surface area contributed by atoms with Crippen molar-refractivity contribution in [1.29, 1.82) is 5.26 Å². The van der Waals surface area contributed by atoms with Gasteiger partial charge in [0.1, 0.15) is 5.54 Å². The molecule has 2 nitrogen and oxygen atoms in total. The van der Waals surface area contributed by atoms with Gasteiger partial charge in [-0.1, -0.05) is 24.3 Å². The zero-order valence-corrected chi connectivity index (χ0v) is 10.7. The summed E-state index contributed by atoms with van der Waals surface area (Å²) in [6.45, 7) is 6.33. The zero-order chi connectivity index (χ0) is 12.3. The van der Waals surface area contributed by atoms with Crippen LogP contribution in [0, 0.1) is 18.3 Å². The fourth-order valence-electron chi connectivity index (χ4n) is 2.61. The summed E-state index contributed by atoms with van der Waals surface area (Å²) in [6, 6.07) is 10.9. The SMILES string of the molecule is Cc1ccccc1CC(C)(C#N)N1CCCC1. The number of benzene rings is 1. The predicted molar refractivity (Wildman–Crippen MR) is 69.7 cm³/mol. The molecule has 0 spiro atoms. The Labute approximate surface area is 104 Å². The first kappa shape index (κ1) is 12.1. The topological polar surface area (TPSA) is 27.0 Å². The van der Waals surface area contributed by atoms with E-state index in [4.69, 9.17) is 0 Å². The van der Waals surface area contributed by atoms with Crippen LogP contribution in [0.3, 0.4) is 0 Å². The van der Waals surface area contributed by atoms with Gasteiger partial charge in [-0.3, -0.25) is 4.90 Å². The molecular formula is C15H20N2. The van der Waals surface area contributed by atoms with Gasteiger partial charge >= 0.3 is 0 Å². The van der Waals surface area contributed by atoms with Gasteiger partial charge in [-0.2, -0.15) is 5.26 Å². The minimum atomic E-state index is -0.345. The van der Waals surface area contributed by atoms with Crippen molar-refractivity contribution in [2.24, 2.45) is 0 Å². The van der Waals surface area contributed by atoms with E-state index >= 15 is 0 Å². The molecule has 2 rings (SSSR count). The molecule has 1 unspecified atom stereocenters. The second-order valence-electron chi connectivity index (χ2n) is 5.18. The largest absolute Gasteiger partial charge is 0.285 e. The molecule has 17 heavy (non-hydrogen) atoms. The zero-order valence-electron chi connectivity index (χ0n) is 10.7. The van der Waals surface area contributed by atoms with Crippen LogP contribution >= 0.6 is 0 Å². The van der Waals surface area contributed by atoms with Gasteiger partial charge in [0.2, 0.25) is 0 Å². The van der Waals surface area contributed by atoms with Crippen molar-refractivity contribution in [3.8, 4) is 6.07 Å². The molecule has 0 N–H and O–H groups in total. The molecule has 0 aliphatic carbocycles. The highest BCUT2D eigenvalue weighted by Gasteiger charge is 2.34. The van der Waals surface area contributed by atoms with Crippen LogP contribution in [0.2, 0.25) is 0 Å². The second-order valence-corrected chi connectivity index (χ2v) is 5.18. The number of aryl methyl sites for hydroxylation is 1. The van der Waals surface area contributed by atoms with Crippen molar-refractivity contribution in [1.82, 2.24) is 4.90 Å². The molecule has 1 aromatic carbocycles. The highest BCUT2D eigenvalue weighted by atomic mass is 15.2. The molecule has 1 aliphatic heterocycles. The number of nitriles is 1. The van der Waals surface area contributed by atoms with Gasteiger partial charge in [0.15, 0.2) is 0 Å². The lowest BCUT2D eigenvalue weighted by atomic mass is 9.90. The number of likely N-dealkylation sites (tertiary alicyclic amines) is 1. The number of nitrogens with zero attached hydrogens (tertiary/aromatic N) is 2. The Morgan fingerprint density at radius 1 is 1.29 bits per heavy atom. The minimum absolute atomic E-state index is 0.345. The van der Waals surface area contributed by atoms with Gasteiger partial charge < -0.3 is 0 Å². The molecule has 0 aromatic heterocycles. The van der Waals surface area contributed by atoms with Crippen LogP contribution in [0.1, 0.15) is 30.9 Å². The van der Waals surface area contributed by atoms with Crippen LogP contribution in [0.15, 0.2) is 24.3 Å². The maximum atomic E-state index is 9.51. The quantitative estimate of drug-likeness (QED) is 0.795. The van der Waals surface area contributed by atoms with E-state index in [2.05, 4.69) is 49.1 Å². The van der Waals surface area contributed by atoms with Crippen molar-refractivity contribution in [2.45, 2.75) is 38.6 Å². The van der Waals surface area contributed by atoms with Crippen LogP contribution in [0.4, 0.5) is 0 Å². The van der Waals surface area contributed by atoms with Crippen LogP contribution < -0.4 is 0 Å². The van der Waals surface area contributed by atoms with Gasteiger partial charge in [0.25, 0.3) is 0 Å². The fraction of sp³-hybridized carbons (Fsp3) is 0.533. The Morgan fingerprint density at radius 3 is 2.53 bits per heavy atom. The average molecular weight is 228 g/mol. The van der Waals surface area contributed by atoms with E-state index in [1.165, 1.54) is 24.0 Å². The Kier molecular flexibility index (Phi) is 3.49. The predicted octanol–water partition coefficient (Wildman–Crippen LogP) is 2.92. The van der Waals surface area contributed by atoms with E-state index in [0.717, 1.165) is 19.5 Å². The molecule has 0 amide bonds. The van der Waals surface area contributed by atoms with Gasteiger partial charge in [-0.05, 0) is 50.9 Å². The Hall–Kier alpha value is -1.33. The van der Waals surface area contributed by atoms with Crippen LogP contribution in [0.5, 0.6) is 0 Å². The highest BCUT2D eigenvalue weighted by Crippen LogP contribution is 2.25. The van der Waals surface area contributed by atoms with E-state index in [1.54, 1.807) is 0 Å². The number of hydrogen-bond acceptors (Lipinski definition) is 2. The van der Waals surface area contributed by atoms with Crippen molar-refractivity contribution in [3.63, 3.8) is 0 Å². The van der Waals surface area contributed by atoms with Crippen molar-refractivity contribution in [2.75, 3.05) is 13.1 Å². The van der Waals surface area contributed by atoms with E-state index < -0.39 is 0 Å². The third kappa shape index (κ3) is 2.50. The summed E-state index contributed by atoms with van der Waals surface area (Å²) >= 11 is 0. The lowest BCUT2D eigenvalue weighted by Crippen LogP contribution is -2.45. The van der Waals surface area contributed by atoms with Gasteiger partial charge in [-0.15, -0.1) is 0 Å². The van der Waals surface area contributed by atoms with Gasteiger partial charge in [0.05, 0.1) is 6.07 Å². The van der Waals surface area contributed by atoms with Crippen LogP contribution in [-0.2, 0) is 6.42 Å². The van der Waals surface area contributed by atoms with Crippen molar-refractivity contribution in [3.05, 3.63) is 35.4 Å². The number of rotatable bonds is 3. The summed E-state index contributed by atoms with van der Waals surface area (Å²) in [4.78, 5) is 2.33. The van der Waals surface area contributed by atoms with Gasteiger partial charge in [0, 0.05) is 6.42 Å². The highest BCUT2D eigenvalue weighted by molar-refractivity contribution is 5.29. The van der Waals surface area contributed by atoms with E-state index in [-0.39, 0.29) is 5.54 Å². The fourth-order valence-corrected chi connectivity index (χ4v) is 2.61. The molecule has 2 heteroatoms. The standard InChI is InChI=1S/C15H20N2/c1-13-7-3-4-8-14(13)11-15(2,12-16)17-9-5-6-10-17/h3-4,7-8H,5-6,9-11H2,1-2H3. The molecule has 1 aromatic rings. The Bertz CT molecular complexity index is 427. The van der Waals surface area contributed by atoms with E-state index in [9.17, 15) is 5.26 Å². The summed E-state index contributed by atoms with van der Waals surface area (Å²) in [7, 11) is 0. The smallest absolute Gasteiger partial charge is 0.110 e. The summed E-state index contributed by atoms with van der Waals surface area (Å²) in [6.07, 6.45) is 3.28. The minimum Gasteiger partial charge on any atom is -0.285 e. The van der Waals surface area contributed by atoms with E-state index in [0.29, 0.717) is 0 Å². The van der Waals surface area contributed by atoms with Crippen LogP contribution in [0.25, 0.3) is 0 Å². The summed E-state index contributed by atoms with van der Waals surface area (Å²) < 4.78 is 0. The molecule has 0 saturated carbocycles. The Morgan fingerprint density at radius 2 is 1.94 bits per heavy atom. The first-order valence-corrected chi connectivity index (χ1v) is 6.36. The van der Waals surface area contributed by atoms with Crippen molar-refractivity contribution >= 4 is 0 Å². The molecule has 1 atom stereocenters. The van der Waals surface area contributed by atoms with Gasteiger partial charge in [-0.25, -0.2) is 0 Å². The molecule has 0 radical (unpaired) electrons. The first-order valence-electron chi connectivity index (χ1n) is 6.36. The maximum absolute atomic E-state index is 9.51. The summed E-state index contributed by atoms with van der Waals surface area (Å²) in [5.74, 6) is 0. The van der Waals surface area contributed by atoms with E-state index in [1.807, 2.05) is 0 Å². The maximum Gasteiger partial charge on any atom is 0.110 e. The molecule has 1 heterocycles. The summed E-state index contributed by atoms with van der Waals surface area (Å²) in [5.41, 5.74) is 2.24. The second kappa shape index (κ2) is 4.89. The molecule has 1 saturated heterocycles. The van der Waals surface area contributed by atoms with Crippen molar-refractivity contribution < 1.29 is 0 Å². The third-order valence-corrected chi connectivity index (χ3v) is 3.84. The molecule has 90 valence electrons. The number of hydrogen-bond donors (Lipinski definition) is 0. The monoisotopic (exact) mass is 228 g/mol. The molecule has 0 bridgehead atoms. The molecule has 1 fully saturated rings. The Balaban J connectivity index is 2.20. The van der Waals surface area contributed by atoms with Crippen LogP contribution in [-0.4, -0.2) is 23.5 Å². The summed E-state index contributed by atoms with van der Waals surface area (Å²) in [5, 5.41) is 9.51. The lowest BCUT2D eigenvalue weighted by Gasteiger charge is -2.33. The first-order chi connectivity index (χ1) is 8.15. The molecular weight excluding hydrogens is 208 g/mol. The molecule has 1 aliphatic rings.